The van der Waals surface area contributed by atoms with Crippen LogP contribution in [-0.2, 0) is 0 Å². The SMILES string of the molecule is C=CC=C(C=NC)CN1CCC(C2CC(=NC(O)c3cnn4cccnc34)N(c3ccc(C)cc3)N2)CC1. The van der Waals surface area contributed by atoms with Crippen molar-refractivity contribution in [1.82, 2.24) is 24.9 Å². The standard InChI is InChI=1S/C29H36N8O/c1-4-6-22(18-30-3)20-35-15-11-23(12-16-35)26-17-27(37(34-26)24-9-7-21(2)8-10-24)33-29(38)25-19-32-36-14-5-13-31-28(25)36/h4-10,13-14,18-19,23,26,29,34,38H,1,11-12,15-17,20H2,2-3H3. The Kier molecular flexibility index (Phi) is 8.07. The maximum absolute atomic E-state index is 11.1. The Hall–Kier alpha value is -3.66. The van der Waals surface area contributed by atoms with E-state index in [2.05, 4.69) is 63.2 Å². The molecule has 2 aliphatic rings. The molecule has 2 N–H and O–H groups in total. The molecule has 2 aromatic heterocycles. The number of nitrogens with zero attached hydrogens (tertiary/aromatic N) is 7. The van der Waals surface area contributed by atoms with E-state index in [4.69, 9.17) is 4.99 Å². The molecule has 9 heteroatoms. The first-order valence-corrected chi connectivity index (χ1v) is 13.2. The Morgan fingerprint density at radius 2 is 2.05 bits per heavy atom. The Balaban J connectivity index is 1.33. The quantitative estimate of drug-likeness (QED) is 0.353. The van der Waals surface area contributed by atoms with Gasteiger partial charge in [-0.05, 0) is 62.5 Å². The zero-order valence-electron chi connectivity index (χ0n) is 22.1. The lowest BCUT2D eigenvalue weighted by molar-refractivity contribution is 0.175. The summed E-state index contributed by atoms with van der Waals surface area (Å²) in [6, 6.07) is 10.4. The fourth-order valence-electron chi connectivity index (χ4n) is 5.34. The van der Waals surface area contributed by atoms with Crippen molar-refractivity contribution < 1.29 is 5.11 Å². The lowest BCUT2D eigenvalue weighted by Gasteiger charge is -2.35. The number of piperidine rings is 1. The molecule has 0 radical (unpaired) electrons. The summed E-state index contributed by atoms with van der Waals surface area (Å²) in [5, 5.41) is 17.5. The van der Waals surface area contributed by atoms with Gasteiger partial charge in [-0.1, -0.05) is 36.4 Å². The highest BCUT2D eigenvalue weighted by molar-refractivity contribution is 5.99. The van der Waals surface area contributed by atoms with Crippen molar-refractivity contribution in [2.24, 2.45) is 15.9 Å². The van der Waals surface area contributed by atoms with Gasteiger partial charge in [0.25, 0.3) is 0 Å². The molecular formula is C29H36N8O. The van der Waals surface area contributed by atoms with Gasteiger partial charge in [-0.25, -0.2) is 19.9 Å². The van der Waals surface area contributed by atoms with Gasteiger partial charge in [-0.2, -0.15) is 5.10 Å². The van der Waals surface area contributed by atoms with Gasteiger partial charge in [-0.3, -0.25) is 14.9 Å². The van der Waals surface area contributed by atoms with Crippen LogP contribution in [0.15, 0.2) is 83.2 Å². The third-order valence-electron chi connectivity index (χ3n) is 7.34. The molecular weight excluding hydrogens is 476 g/mol. The molecule has 2 saturated heterocycles. The van der Waals surface area contributed by atoms with E-state index in [1.165, 1.54) is 11.1 Å². The largest absolute Gasteiger partial charge is 0.368 e. The van der Waals surface area contributed by atoms with Crippen LogP contribution in [0.4, 0.5) is 5.69 Å². The van der Waals surface area contributed by atoms with E-state index in [-0.39, 0.29) is 6.04 Å². The summed E-state index contributed by atoms with van der Waals surface area (Å²) in [4.78, 5) is 15.8. The first-order chi connectivity index (χ1) is 18.6. The van der Waals surface area contributed by atoms with Crippen LogP contribution >= 0.6 is 0 Å². The van der Waals surface area contributed by atoms with E-state index in [0.717, 1.165) is 50.4 Å². The molecule has 38 heavy (non-hydrogen) atoms. The molecule has 0 saturated carbocycles. The predicted octanol–water partition coefficient (Wildman–Crippen LogP) is 3.74. The number of nitrogens with one attached hydrogen (secondary N) is 1. The van der Waals surface area contributed by atoms with Crippen molar-refractivity contribution >= 4 is 23.4 Å². The molecule has 3 aromatic rings. The first-order valence-electron chi connectivity index (χ1n) is 13.2. The van der Waals surface area contributed by atoms with Crippen LogP contribution in [0.5, 0.6) is 0 Å². The van der Waals surface area contributed by atoms with Gasteiger partial charge >= 0.3 is 0 Å². The normalized spacial score (nSPS) is 21.7. The minimum absolute atomic E-state index is 0.242. The number of rotatable bonds is 8. The summed E-state index contributed by atoms with van der Waals surface area (Å²) in [6.07, 6.45) is 12.8. The van der Waals surface area contributed by atoms with Crippen LogP contribution in [0.1, 0.15) is 36.6 Å². The first kappa shape index (κ1) is 26.0. The highest BCUT2D eigenvalue weighted by Gasteiger charge is 2.36. The Morgan fingerprint density at radius 3 is 2.79 bits per heavy atom. The third kappa shape index (κ3) is 5.75. The minimum Gasteiger partial charge on any atom is -0.368 e. The fourth-order valence-corrected chi connectivity index (χ4v) is 5.34. The average Bonchev–Trinajstić information content (AvgIpc) is 3.55. The van der Waals surface area contributed by atoms with Crippen molar-refractivity contribution in [1.29, 1.82) is 0 Å². The zero-order valence-corrected chi connectivity index (χ0v) is 22.1. The number of aryl methyl sites for hydroxylation is 1. The van der Waals surface area contributed by atoms with Gasteiger partial charge in [0, 0.05) is 44.7 Å². The molecule has 1 aromatic carbocycles. The van der Waals surface area contributed by atoms with Crippen LogP contribution in [0.3, 0.4) is 0 Å². The van der Waals surface area contributed by atoms with E-state index < -0.39 is 6.23 Å². The smallest absolute Gasteiger partial charge is 0.178 e. The lowest BCUT2D eigenvalue weighted by Crippen LogP contribution is -2.45. The summed E-state index contributed by atoms with van der Waals surface area (Å²) < 4.78 is 1.65. The number of hydrazine groups is 1. The highest BCUT2D eigenvalue weighted by atomic mass is 16.3. The number of aromatic nitrogens is 3. The molecule has 0 amide bonds. The van der Waals surface area contributed by atoms with Gasteiger partial charge in [0.15, 0.2) is 11.9 Å². The minimum atomic E-state index is -1.05. The number of allylic oxidation sites excluding steroid dienone is 2. The van der Waals surface area contributed by atoms with Crippen molar-refractivity contribution in [3.63, 3.8) is 0 Å². The number of fused-ring (bicyclic) bond motifs is 1. The molecule has 0 bridgehead atoms. The summed E-state index contributed by atoms with van der Waals surface area (Å²) in [5.41, 5.74) is 8.31. The third-order valence-corrected chi connectivity index (χ3v) is 7.34. The molecule has 4 heterocycles. The molecule has 0 spiro atoms. The number of amidine groups is 1. The maximum atomic E-state index is 11.1. The molecule has 9 nitrogen and oxygen atoms in total. The van der Waals surface area contributed by atoms with Gasteiger partial charge in [0.2, 0.25) is 0 Å². The number of benzene rings is 1. The predicted molar refractivity (Wildman–Crippen MR) is 152 cm³/mol. The van der Waals surface area contributed by atoms with Gasteiger partial charge < -0.3 is 5.11 Å². The average molecular weight is 513 g/mol. The van der Waals surface area contributed by atoms with Crippen LogP contribution < -0.4 is 10.4 Å². The zero-order chi connectivity index (χ0) is 26.5. The van der Waals surface area contributed by atoms with E-state index in [0.29, 0.717) is 17.1 Å². The van der Waals surface area contributed by atoms with E-state index in [1.807, 2.05) is 35.6 Å². The topological polar surface area (TPSA) is 93.6 Å². The highest BCUT2D eigenvalue weighted by Crippen LogP contribution is 2.31. The summed E-state index contributed by atoms with van der Waals surface area (Å²) >= 11 is 0. The summed E-state index contributed by atoms with van der Waals surface area (Å²) in [5.74, 6) is 1.33. The molecule has 2 atom stereocenters. The summed E-state index contributed by atoms with van der Waals surface area (Å²) in [6.45, 7) is 8.85. The second-order valence-electron chi connectivity index (χ2n) is 10.00. The van der Waals surface area contributed by atoms with Crippen LogP contribution in [0.25, 0.3) is 5.65 Å². The molecule has 5 rings (SSSR count). The Bertz CT molecular complexity index is 1330. The molecule has 2 fully saturated rings. The van der Waals surface area contributed by atoms with Crippen molar-refractivity contribution in [3.05, 3.63) is 84.4 Å². The second kappa shape index (κ2) is 11.8. The van der Waals surface area contributed by atoms with Crippen LogP contribution in [0, 0.1) is 12.8 Å². The fraction of sp³-hybridized carbons (Fsp3) is 0.379. The number of likely N-dealkylation sites (tertiary alicyclic amines) is 1. The maximum Gasteiger partial charge on any atom is 0.178 e. The molecule has 0 aliphatic carbocycles. The van der Waals surface area contributed by atoms with Gasteiger partial charge in [0.1, 0.15) is 5.84 Å². The second-order valence-corrected chi connectivity index (χ2v) is 10.00. The van der Waals surface area contributed by atoms with Crippen molar-refractivity contribution in [2.75, 3.05) is 31.7 Å². The van der Waals surface area contributed by atoms with Gasteiger partial charge in [0.05, 0.1) is 17.4 Å². The van der Waals surface area contributed by atoms with Gasteiger partial charge in [-0.15, -0.1) is 0 Å². The number of aliphatic imine (C=N–C) groups is 2. The molecule has 198 valence electrons. The Morgan fingerprint density at radius 1 is 1.26 bits per heavy atom. The van der Waals surface area contributed by atoms with E-state index >= 15 is 0 Å². The number of aliphatic hydroxyl groups excluding tert-OH is 1. The van der Waals surface area contributed by atoms with Crippen molar-refractivity contribution in [3.8, 4) is 0 Å². The summed E-state index contributed by atoms with van der Waals surface area (Å²) in [7, 11) is 1.80. The molecule has 2 aliphatic heterocycles. The Labute approximate surface area is 223 Å². The van der Waals surface area contributed by atoms with E-state index in [9.17, 15) is 5.11 Å². The number of hydrogen-bond donors (Lipinski definition) is 2. The lowest BCUT2D eigenvalue weighted by atomic mass is 9.88. The van der Waals surface area contributed by atoms with E-state index in [1.54, 1.807) is 24.0 Å². The van der Waals surface area contributed by atoms with Crippen LogP contribution in [0.2, 0.25) is 0 Å². The van der Waals surface area contributed by atoms with Crippen molar-refractivity contribution in [2.45, 2.75) is 38.5 Å². The monoisotopic (exact) mass is 512 g/mol. The number of anilines is 1. The van der Waals surface area contributed by atoms with Crippen LogP contribution in [-0.4, -0.2) is 69.4 Å². The number of aliphatic hydroxyl groups is 1. The number of hydrogen-bond acceptors (Lipinski definition) is 7. The molecule has 2 unspecified atom stereocenters.